The number of carbonyl (C=O) groups is 1. The molecule has 4 rings (SSSR count). The first-order chi connectivity index (χ1) is 7.30. The van der Waals surface area contributed by atoms with Gasteiger partial charge in [-0.3, -0.25) is 4.79 Å². The van der Waals surface area contributed by atoms with E-state index in [-0.39, 0.29) is 5.78 Å². The summed E-state index contributed by atoms with van der Waals surface area (Å²) < 4.78 is 0. The van der Waals surface area contributed by atoms with Gasteiger partial charge in [0.05, 0.1) is 6.26 Å². The van der Waals surface area contributed by atoms with E-state index < -0.39 is 0 Å². The third-order valence-electron chi connectivity index (χ3n) is 5.92. The molecule has 5 unspecified atom stereocenters. The summed E-state index contributed by atoms with van der Waals surface area (Å²) in [6.45, 7) is 0. The number of Topliss-reactive ketones (excluding diaryl/α,β-unsaturated/α-hetero) is 1. The Bertz CT molecular complexity index is 384. The maximum atomic E-state index is 12.1. The molecular formula is C13H16O2. The van der Waals surface area contributed by atoms with Gasteiger partial charge in [-0.2, -0.15) is 0 Å². The predicted octanol–water partition coefficient (Wildman–Crippen LogP) is 2.45. The largest absolute Gasteiger partial charge is 0.515 e. The number of allylic oxidation sites excluding steroid dienone is 1. The summed E-state index contributed by atoms with van der Waals surface area (Å²) in [5, 5.41) is 9.25. The lowest BCUT2D eigenvalue weighted by Crippen LogP contribution is -2.48. The Hall–Kier alpha value is -0.790. The maximum absolute atomic E-state index is 12.1. The molecule has 80 valence electrons. The molecule has 0 saturated heterocycles. The van der Waals surface area contributed by atoms with Crippen molar-refractivity contribution < 1.29 is 9.90 Å². The molecule has 1 spiro atoms. The predicted molar refractivity (Wildman–Crippen MR) is 55.2 cm³/mol. The van der Waals surface area contributed by atoms with E-state index in [0.717, 1.165) is 36.5 Å². The van der Waals surface area contributed by atoms with Crippen LogP contribution in [0.2, 0.25) is 0 Å². The molecule has 4 aliphatic rings. The van der Waals surface area contributed by atoms with Crippen LogP contribution in [0.1, 0.15) is 32.1 Å². The zero-order valence-electron chi connectivity index (χ0n) is 8.78. The molecule has 0 aromatic rings. The number of ketones is 1. The summed E-state index contributed by atoms with van der Waals surface area (Å²) in [6, 6.07) is 0. The van der Waals surface area contributed by atoms with Crippen LogP contribution in [0, 0.1) is 29.1 Å². The Kier molecular flexibility index (Phi) is 1.29. The Balaban J connectivity index is 1.90. The molecule has 5 atom stereocenters. The lowest BCUT2D eigenvalue weighted by molar-refractivity contribution is -0.131. The summed E-state index contributed by atoms with van der Waals surface area (Å²) in [4.78, 5) is 12.1. The van der Waals surface area contributed by atoms with Crippen molar-refractivity contribution in [1.82, 2.24) is 0 Å². The van der Waals surface area contributed by atoms with E-state index in [0.29, 0.717) is 17.3 Å². The van der Waals surface area contributed by atoms with E-state index in [1.807, 2.05) is 0 Å². The molecule has 0 heterocycles. The van der Waals surface area contributed by atoms with Crippen LogP contribution in [-0.4, -0.2) is 10.9 Å². The highest BCUT2D eigenvalue weighted by atomic mass is 16.2. The van der Waals surface area contributed by atoms with E-state index in [1.165, 1.54) is 19.3 Å². The van der Waals surface area contributed by atoms with Crippen LogP contribution in [0.25, 0.3) is 0 Å². The summed E-state index contributed by atoms with van der Waals surface area (Å²) >= 11 is 0. The Morgan fingerprint density at radius 3 is 2.67 bits per heavy atom. The van der Waals surface area contributed by atoms with Gasteiger partial charge in [-0.1, -0.05) is 0 Å². The van der Waals surface area contributed by atoms with E-state index in [2.05, 4.69) is 0 Å². The van der Waals surface area contributed by atoms with Gasteiger partial charge in [-0.25, -0.2) is 0 Å². The van der Waals surface area contributed by atoms with Crippen LogP contribution < -0.4 is 0 Å². The Morgan fingerprint density at radius 2 is 1.87 bits per heavy atom. The first kappa shape index (κ1) is 8.37. The molecule has 0 aromatic heterocycles. The van der Waals surface area contributed by atoms with Crippen LogP contribution >= 0.6 is 0 Å². The van der Waals surface area contributed by atoms with Crippen molar-refractivity contribution in [2.24, 2.45) is 29.1 Å². The van der Waals surface area contributed by atoms with Crippen molar-refractivity contribution in [1.29, 1.82) is 0 Å². The fraction of sp³-hybridized carbons (Fsp3) is 0.769. The molecule has 4 fully saturated rings. The quantitative estimate of drug-likeness (QED) is 0.486. The molecule has 2 heteroatoms. The van der Waals surface area contributed by atoms with Gasteiger partial charge >= 0.3 is 0 Å². The van der Waals surface area contributed by atoms with Crippen molar-refractivity contribution in [3.05, 3.63) is 11.8 Å². The van der Waals surface area contributed by atoms with Crippen LogP contribution in [-0.2, 0) is 4.79 Å². The van der Waals surface area contributed by atoms with Crippen LogP contribution in [0.15, 0.2) is 11.8 Å². The first-order valence-corrected chi connectivity index (χ1v) is 6.18. The number of aliphatic hydroxyl groups excluding tert-OH is 1. The standard InChI is InChI=1S/C13H16O2/c14-6-9-10-4-3-7-1-2-8-5-11(12(9)15)13(7,8)10/h6-8,10-11,14H,1-5H2. The van der Waals surface area contributed by atoms with Crippen LogP contribution in [0.5, 0.6) is 0 Å². The zero-order chi connectivity index (χ0) is 10.2. The third-order valence-corrected chi connectivity index (χ3v) is 5.92. The summed E-state index contributed by atoms with van der Waals surface area (Å²) in [5.41, 5.74) is 1.11. The number of carbonyl (C=O) groups excluding carboxylic acids is 1. The minimum absolute atomic E-state index is 0.283. The lowest BCUT2D eigenvalue weighted by atomic mass is 9.52. The second kappa shape index (κ2) is 2.31. The van der Waals surface area contributed by atoms with Crippen molar-refractivity contribution in [3.63, 3.8) is 0 Å². The molecule has 0 amide bonds. The number of hydrogen-bond donors (Lipinski definition) is 1. The van der Waals surface area contributed by atoms with Gasteiger partial charge in [0.1, 0.15) is 0 Å². The van der Waals surface area contributed by atoms with Crippen molar-refractivity contribution in [2.45, 2.75) is 32.1 Å². The average molecular weight is 204 g/mol. The summed E-state index contributed by atoms with van der Waals surface area (Å²) in [6.07, 6.45) is 7.35. The molecule has 0 radical (unpaired) electrons. The normalized spacial score (nSPS) is 58.1. The fourth-order valence-electron chi connectivity index (χ4n) is 5.56. The van der Waals surface area contributed by atoms with E-state index in [4.69, 9.17) is 0 Å². The Labute approximate surface area is 89.4 Å². The lowest BCUT2D eigenvalue weighted by Gasteiger charge is -2.50. The Morgan fingerprint density at radius 1 is 1.13 bits per heavy atom. The number of hydrogen-bond acceptors (Lipinski definition) is 2. The van der Waals surface area contributed by atoms with Crippen molar-refractivity contribution >= 4 is 5.78 Å². The summed E-state index contributed by atoms with van der Waals surface area (Å²) in [5.74, 6) is 2.60. The van der Waals surface area contributed by atoms with Crippen LogP contribution in [0.4, 0.5) is 0 Å². The minimum Gasteiger partial charge on any atom is -0.515 e. The maximum Gasteiger partial charge on any atom is 0.165 e. The molecule has 0 aromatic carbocycles. The highest BCUT2D eigenvalue weighted by Gasteiger charge is 2.74. The molecule has 2 nitrogen and oxygen atoms in total. The van der Waals surface area contributed by atoms with Gasteiger partial charge in [0.25, 0.3) is 0 Å². The average Bonchev–Trinajstić information content (AvgIpc) is 2.74. The smallest absolute Gasteiger partial charge is 0.165 e. The molecule has 0 aliphatic heterocycles. The van der Waals surface area contributed by atoms with Gasteiger partial charge in [0.15, 0.2) is 5.78 Å². The van der Waals surface area contributed by atoms with Gasteiger partial charge in [-0.05, 0) is 55.3 Å². The molecule has 1 N–H and O–H groups in total. The van der Waals surface area contributed by atoms with Gasteiger partial charge in [0.2, 0.25) is 0 Å². The van der Waals surface area contributed by atoms with E-state index in [1.54, 1.807) is 0 Å². The second-order valence-corrected chi connectivity index (χ2v) is 5.84. The highest BCUT2D eigenvalue weighted by Crippen LogP contribution is 2.77. The van der Waals surface area contributed by atoms with Gasteiger partial charge < -0.3 is 5.11 Å². The molecule has 0 bridgehead atoms. The molecule has 15 heavy (non-hydrogen) atoms. The van der Waals surface area contributed by atoms with E-state index >= 15 is 0 Å². The monoisotopic (exact) mass is 204 g/mol. The molecular weight excluding hydrogens is 188 g/mol. The number of rotatable bonds is 0. The van der Waals surface area contributed by atoms with Gasteiger partial charge in [0, 0.05) is 11.5 Å². The van der Waals surface area contributed by atoms with Crippen LogP contribution in [0.3, 0.4) is 0 Å². The fourth-order valence-corrected chi connectivity index (χ4v) is 5.56. The third kappa shape index (κ3) is 0.633. The zero-order valence-corrected chi connectivity index (χ0v) is 8.78. The van der Waals surface area contributed by atoms with Gasteiger partial charge in [-0.15, -0.1) is 0 Å². The molecule has 4 aliphatic carbocycles. The SMILES string of the molecule is O=C1C(=CO)C2CCC3CCC4CC1C342. The highest BCUT2D eigenvalue weighted by molar-refractivity contribution is 6.02. The molecule has 4 saturated carbocycles. The minimum atomic E-state index is 0.283. The van der Waals surface area contributed by atoms with Crippen molar-refractivity contribution in [2.75, 3.05) is 0 Å². The second-order valence-electron chi connectivity index (χ2n) is 5.84. The first-order valence-electron chi connectivity index (χ1n) is 6.18. The van der Waals surface area contributed by atoms with Crippen molar-refractivity contribution in [3.8, 4) is 0 Å². The summed E-state index contributed by atoms with van der Waals surface area (Å²) in [7, 11) is 0. The topological polar surface area (TPSA) is 37.3 Å². The van der Waals surface area contributed by atoms with E-state index in [9.17, 15) is 9.90 Å². The number of aliphatic hydroxyl groups is 1.